The number of rotatable bonds is 6. The van der Waals surface area contributed by atoms with Gasteiger partial charge in [0.25, 0.3) is 5.91 Å². The summed E-state index contributed by atoms with van der Waals surface area (Å²) in [6, 6.07) is 9.22. The van der Waals surface area contributed by atoms with E-state index in [-0.39, 0.29) is 34.6 Å². The van der Waals surface area contributed by atoms with E-state index < -0.39 is 23.8 Å². The summed E-state index contributed by atoms with van der Waals surface area (Å²) in [5.74, 6) is -0.449. The molecule has 9 heteroatoms. The Kier molecular flexibility index (Phi) is 6.69. The van der Waals surface area contributed by atoms with Crippen LogP contribution in [0, 0.1) is 5.92 Å². The zero-order valence-corrected chi connectivity index (χ0v) is 19.9. The monoisotopic (exact) mass is 484 g/mol. The molecule has 184 valence electrons. The zero-order valence-electron chi connectivity index (χ0n) is 19.9. The average molecular weight is 485 g/mol. The van der Waals surface area contributed by atoms with Crippen LogP contribution in [0.4, 0.5) is 13.2 Å². The van der Waals surface area contributed by atoms with E-state index in [1.807, 2.05) is 19.1 Å². The van der Waals surface area contributed by atoms with Crippen molar-refractivity contribution in [3.63, 3.8) is 0 Å². The Hall–Kier alpha value is -3.62. The second kappa shape index (κ2) is 9.56. The van der Waals surface area contributed by atoms with Crippen LogP contribution in [0.25, 0.3) is 22.3 Å². The lowest BCUT2D eigenvalue weighted by Gasteiger charge is -2.25. The largest absolute Gasteiger partial charge is 0.464 e. The number of carbonyl (C=O) groups is 1. The highest BCUT2D eigenvalue weighted by Crippen LogP contribution is 2.40. The first-order valence-electron chi connectivity index (χ1n) is 11.4. The van der Waals surface area contributed by atoms with E-state index in [2.05, 4.69) is 28.4 Å². The number of hydrogen-bond donors (Lipinski definition) is 1. The van der Waals surface area contributed by atoms with E-state index in [1.165, 1.54) is 18.7 Å². The van der Waals surface area contributed by atoms with Crippen molar-refractivity contribution in [2.45, 2.75) is 45.5 Å². The van der Waals surface area contributed by atoms with Crippen molar-refractivity contribution in [3.05, 3.63) is 65.8 Å². The smallest absolute Gasteiger partial charge is 0.417 e. The molecular weight excluding hydrogens is 457 g/mol. The van der Waals surface area contributed by atoms with Gasteiger partial charge in [-0.3, -0.25) is 4.79 Å². The third kappa shape index (κ3) is 5.08. The number of halogens is 3. The van der Waals surface area contributed by atoms with Crippen molar-refractivity contribution in [2.75, 3.05) is 0 Å². The first-order chi connectivity index (χ1) is 16.6. The number of aromatic nitrogens is 3. The fourth-order valence-electron chi connectivity index (χ4n) is 4.29. The number of amides is 1. The molecule has 1 aliphatic carbocycles. The number of fused-ring (bicyclic) bond motifs is 1. The number of pyridine rings is 1. The van der Waals surface area contributed by atoms with E-state index in [0.717, 1.165) is 18.1 Å². The van der Waals surface area contributed by atoms with E-state index in [0.29, 0.717) is 5.56 Å². The van der Waals surface area contributed by atoms with Crippen molar-refractivity contribution in [3.8, 4) is 17.1 Å². The molecule has 1 amide bonds. The predicted molar refractivity (Wildman–Crippen MR) is 128 cm³/mol. The van der Waals surface area contributed by atoms with Gasteiger partial charge in [-0.1, -0.05) is 55.5 Å². The Morgan fingerprint density at radius 3 is 2.60 bits per heavy atom. The van der Waals surface area contributed by atoms with Crippen LogP contribution in [0.5, 0.6) is 5.88 Å². The number of alkyl halides is 3. The molecule has 0 saturated carbocycles. The molecule has 0 spiro atoms. The molecule has 35 heavy (non-hydrogen) atoms. The maximum Gasteiger partial charge on any atom is 0.417 e. The lowest BCUT2D eigenvalue weighted by atomic mass is 9.89. The molecule has 2 aromatic heterocycles. The van der Waals surface area contributed by atoms with Crippen LogP contribution in [0.3, 0.4) is 0 Å². The molecule has 0 fully saturated rings. The molecule has 0 radical (unpaired) electrons. The topological polar surface area (TPSA) is 69.0 Å². The summed E-state index contributed by atoms with van der Waals surface area (Å²) in [5, 5.41) is 7.07. The van der Waals surface area contributed by atoms with Gasteiger partial charge in [0.05, 0.1) is 10.9 Å². The number of nitrogens with zero attached hydrogens (tertiary/aromatic N) is 3. The summed E-state index contributed by atoms with van der Waals surface area (Å²) < 4.78 is 49.2. The van der Waals surface area contributed by atoms with E-state index in [4.69, 9.17) is 4.74 Å². The predicted octanol–water partition coefficient (Wildman–Crippen LogP) is 5.45. The second-order valence-corrected chi connectivity index (χ2v) is 8.76. The molecule has 2 heterocycles. The summed E-state index contributed by atoms with van der Waals surface area (Å²) in [6.45, 7) is 5.44. The lowest BCUT2D eigenvalue weighted by molar-refractivity contribution is -0.136. The molecule has 4 rings (SSSR count). The van der Waals surface area contributed by atoms with Crippen LogP contribution < -0.4 is 10.1 Å². The molecule has 0 bridgehead atoms. The zero-order chi connectivity index (χ0) is 25.3. The molecule has 1 aromatic carbocycles. The first-order valence-corrected chi connectivity index (χ1v) is 11.4. The molecule has 0 saturated heterocycles. The number of allylic oxidation sites excluding steroid dienone is 3. The Labute approximate surface area is 201 Å². The van der Waals surface area contributed by atoms with Crippen molar-refractivity contribution in [2.24, 2.45) is 13.0 Å². The SMILES string of the molecule is CC1CC=CC=C1[C@H](C)NC(=O)C(C)Oc1cc(C(F)(F)F)c2c(-c3ccccc3)nn(C)c2n1. The Balaban J connectivity index is 1.63. The van der Waals surface area contributed by atoms with E-state index >= 15 is 0 Å². The minimum absolute atomic E-state index is 0.0163. The van der Waals surface area contributed by atoms with Gasteiger partial charge < -0.3 is 10.1 Å². The van der Waals surface area contributed by atoms with Crippen LogP contribution in [-0.4, -0.2) is 32.8 Å². The Bertz CT molecular complexity index is 1300. The number of nitrogens with one attached hydrogen (secondary N) is 1. The number of benzene rings is 1. The van der Waals surface area contributed by atoms with Crippen molar-refractivity contribution in [1.29, 1.82) is 0 Å². The fraction of sp³-hybridized carbons (Fsp3) is 0.346. The number of carbonyl (C=O) groups excluding carboxylic acids is 1. The molecule has 1 N–H and O–H groups in total. The summed E-state index contributed by atoms with van der Waals surface area (Å²) in [5.41, 5.74) is 0.899. The highest BCUT2D eigenvalue weighted by Gasteiger charge is 2.37. The molecular formula is C26H27F3N4O2. The van der Waals surface area contributed by atoms with Gasteiger partial charge >= 0.3 is 6.18 Å². The molecule has 6 nitrogen and oxygen atoms in total. The molecule has 2 unspecified atom stereocenters. The van der Waals surface area contributed by atoms with Gasteiger partial charge in [-0.2, -0.15) is 23.3 Å². The lowest BCUT2D eigenvalue weighted by Crippen LogP contribution is -2.43. The summed E-state index contributed by atoms with van der Waals surface area (Å²) in [7, 11) is 1.52. The van der Waals surface area contributed by atoms with Gasteiger partial charge in [-0.15, -0.1) is 0 Å². The van der Waals surface area contributed by atoms with E-state index in [9.17, 15) is 18.0 Å². The maximum absolute atomic E-state index is 14.1. The second-order valence-electron chi connectivity index (χ2n) is 8.76. The van der Waals surface area contributed by atoms with Gasteiger partial charge in [0.1, 0.15) is 5.69 Å². The average Bonchev–Trinajstić information content (AvgIpc) is 3.15. The third-order valence-corrected chi connectivity index (χ3v) is 6.13. The first kappa shape index (κ1) is 24.5. The number of ether oxygens (including phenoxy) is 1. The van der Waals surface area contributed by atoms with Crippen molar-refractivity contribution < 1.29 is 22.7 Å². The summed E-state index contributed by atoms with van der Waals surface area (Å²) in [6.07, 6.45) is 1.15. The number of hydrogen-bond acceptors (Lipinski definition) is 4. The normalized spacial score (nSPS) is 17.7. The Morgan fingerprint density at radius 1 is 1.23 bits per heavy atom. The minimum atomic E-state index is -4.68. The van der Waals surface area contributed by atoms with Crippen molar-refractivity contribution >= 4 is 16.9 Å². The van der Waals surface area contributed by atoms with Gasteiger partial charge in [0.2, 0.25) is 5.88 Å². The highest BCUT2D eigenvalue weighted by atomic mass is 19.4. The Morgan fingerprint density at radius 2 is 1.94 bits per heavy atom. The summed E-state index contributed by atoms with van der Waals surface area (Å²) >= 11 is 0. The van der Waals surface area contributed by atoms with Crippen molar-refractivity contribution in [1.82, 2.24) is 20.1 Å². The van der Waals surface area contributed by atoms with Gasteiger partial charge in [-0.05, 0) is 31.8 Å². The van der Waals surface area contributed by atoms with Gasteiger partial charge in [0.15, 0.2) is 11.8 Å². The van der Waals surface area contributed by atoms with Crippen LogP contribution in [0.2, 0.25) is 0 Å². The molecule has 3 atom stereocenters. The fourth-order valence-corrected chi connectivity index (χ4v) is 4.29. The van der Waals surface area contributed by atoms with Gasteiger partial charge in [0, 0.05) is 24.7 Å². The molecule has 1 aliphatic rings. The number of aryl methyl sites for hydroxylation is 1. The minimum Gasteiger partial charge on any atom is -0.464 e. The quantitative estimate of drug-likeness (QED) is 0.505. The van der Waals surface area contributed by atoms with Crippen LogP contribution in [0.15, 0.2) is 60.2 Å². The third-order valence-electron chi connectivity index (χ3n) is 6.13. The van der Waals surface area contributed by atoms with Crippen LogP contribution in [-0.2, 0) is 18.0 Å². The molecule has 0 aliphatic heterocycles. The summed E-state index contributed by atoms with van der Waals surface area (Å²) in [4.78, 5) is 17.0. The van der Waals surface area contributed by atoms with Gasteiger partial charge in [-0.25, -0.2) is 4.68 Å². The van der Waals surface area contributed by atoms with Crippen LogP contribution in [0.1, 0.15) is 32.8 Å². The molecule has 3 aromatic rings. The standard InChI is InChI=1S/C26H27F3N4O2/c1-15-10-8-9-13-19(15)16(2)30-25(34)17(3)35-21-14-20(26(27,28)29)22-23(18-11-6-5-7-12-18)32-33(4)24(22)31-21/h5-9,11-17H,10H2,1-4H3,(H,30,34)/t15?,16-,17?/m0/s1. The van der Waals surface area contributed by atoms with E-state index in [1.54, 1.807) is 30.3 Å². The maximum atomic E-state index is 14.1. The highest BCUT2D eigenvalue weighted by molar-refractivity contribution is 5.94. The van der Waals surface area contributed by atoms with Crippen LogP contribution >= 0.6 is 0 Å².